The van der Waals surface area contributed by atoms with Crippen LogP contribution in [-0.4, -0.2) is 32.6 Å². The van der Waals surface area contributed by atoms with Crippen LogP contribution in [0, 0.1) is 10.1 Å². The number of amides is 1. The molecule has 1 aliphatic rings. The molecular weight excluding hydrogens is 328 g/mol. The van der Waals surface area contributed by atoms with Crippen LogP contribution in [0.15, 0.2) is 29.2 Å². The Morgan fingerprint density at radius 3 is 2.73 bits per heavy atom. The topological polar surface area (TPSA) is 104 Å². The molecule has 9 heteroatoms. The minimum absolute atomic E-state index is 0.0821. The van der Waals surface area contributed by atoms with Gasteiger partial charge >= 0.3 is 0 Å². The van der Waals surface area contributed by atoms with Gasteiger partial charge in [0.1, 0.15) is 4.32 Å². The van der Waals surface area contributed by atoms with Gasteiger partial charge in [-0.3, -0.25) is 19.8 Å². The van der Waals surface area contributed by atoms with E-state index < -0.39 is 16.8 Å². The van der Waals surface area contributed by atoms with Crippen LogP contribution in [0.1, 0.15) is 12.0 Å². The van der Waals surface area contributed by atoms with Gasteiger partial charge in [-0.2, -0.15) is 0 Å². The second-order valence-corrected chi connectivity index (χ2v) is 5.95. The number of thiocarbonyl (C=S) groups is 1. The van der Waals surface area contributed by atoms with Crippen LogP contribution < -0.4 is 5.11 Å². The average Bonchev–Trinajstić information content (AvgIpc) is 2.71. The number of carboxylic acid groups (broad SMARTS) is 1. The maximum Gasteiger partial charge on any atom is 0.276 e. The molecular formula is C13H9N2O5S2-. The summed E-state index contributed by atoms with van der Waals surface area (Å²) in [6.45, 7) is -0.0821. The molecule has 2 rings (SSSR count). The Morgan fingerprint density at radius 2 is 2.09 bits per heavy atom. The summed E-state index contributed by atoms with van der Waals surface area (Å²) in [4.78, 5) is 34.4. The first-order chi connectivity index (χ1) is 10.4. The average molecular weight is 337 g/mol. The standard InChI is InChI=1S/C13H10N2O5S2/c16-11(17)5-6-14-12(18)10(22-13(14)21)7-8-3-1-2-4-9(8)15(19)20/h1-4,7H,5-6H2,(H,16,17)/p-1/b10-7-. The number of carbonyl (C=O) groups is 2. The van der Waals surface area contributed by atoms with Crippen molar-refractivity contribution in [3.8, 4) is 0 Å². The first-order valence-electron chi connectivity index (χ1n) is 6.09. The number of aliphatic carboxylic acids is 1. The fourth-order valence-corrected chi connectivity index (χ4v) is 3.11. The van der Waals surface area contributed by atoms with Gasteiger partial charge in [-0.15, -0.1) is 0 Å². The first-order valence-corrected chi connectivity index (χ1v) is 7.31. The molecule has 7 nitrogen and oxygen atoms in total. The lowest BCUT2D eigenvalue weighted by Crippen LogP contribution is -2.33. The normalized spacial score (nSPS) is 16.4. The third-order valence-corrected chi connectivity index (χ3v) is 4.21. The number of benzene rings is 1. The second kappa shape index (κ2) is 6.67. The summed E-state index contributed by atoms with van der Waals surface area (Å²) in [5.41, 5.74) is 0.162. The summed E-state index contributed by atoms with van der Waals surface area (Å²) in [5.74, 6) is -1.74. The molecule has 22 heavy (non-hydrogen) atoms. The Hall–Kier alpha value is -2.26. The number of carbonyl (C=O) groups excluding carboxylic acids is 2. The lowest BCUT2D eigenvalue weighted by molar-refractivity contribution is -0.385. The molecule has 0 N–H and O–H groups in total. The van der Waals surface area contributed by atoms with Crippen molar-refractivity contribution >= 4 is 51.9 Å². The third kappa shape index (κ3) is 3.49. The van der Waals surface area contributed by atoms with Gasteiger partial charge in [-0.1, -0.05) is 36.1 Å². The van der Waals surface area contributed by atoms with E-state index in [0.717, 1.165) is 16.7 Å². The highest BCUT2D eigenvalue weighted by Gasteiger charge is 2.32. The Balaban J connectivity index is 2.27. The summed E-state index contributed by atoms with van der Waals surface area (Å²) in [5, 5.41) is 21.4. The maximum absolute atomic E-state index is 12.2. The zero-order valence-corrected chi connectivity index (χ0v) is 12.7. The third-order valence-electron chi connectivity index (χ3n) is 2.83. The van der Waals surface area contributed by atoms with Crippen LogP contribution in [0.3, 0.4) is 0 Å². The molecule has 0 atom stereocenters. The Bertz CT molecular complexity index is 701. The number of thioether (sulfide) groups is 1. The van der Waals surface area contributed by atoms with Crippen molar-refractivity contribution in [2.24, 2.45) is 0 Å². The van der Waals surface area contributed by atoms with E-state index in [1.165, 1.54) is 24.3 Å². The molecule has 114 valence electrons. The molecule has 0 aromatic heterocycles. The van der Waals surface area contributed by atoms with E-state index >= 15 is 0 Å². The van der Waals surface area contributed by atoms with Gasteiger partial charge in [0.15, 0.2) is 0 Å². The summed E-state index contributed by atoms with van der Waals surface area (Å²) >= 11 is 6.01. The highest BCUT2D eigenvalue weighted by atomic mass is 32.2. The van der Waals surface area contributed by atoms with E-state index in [1.54, 1.807) is 6.07 Å². The molecule has 1 aliphatic heterocycles. The molecule has 1 amide bonds. The molecule has 1 saturated heterocycles. The predicted molar refractivity (Wildman–Crippen MR) is 82.6 cm³/mol. The van der Waals surface area contributed by atoms with Crippen LogP contribution in [0.25, 0.3) is 6.08 Å². The van der Waals surface area contributed by atoms with Crippen molar-refractivity contribution in [3.63, 3.8) is 0 Å². The molecule has 0 unspecified atom stereocenters. The van der Waals surface area contributed by atoms with Crippen LogP contribution in [0.2, 0.25) is 0 Å². The smallest absolute Gasteiger partial charge is 0.276 e. The molecule has 0 aliphatic carbocycles. The minimum Gasteiger partial charge on any atom is -0.550 e. The number of hydrogen-bond donors (Lipinski definition) is 0. The minimum atomic E-state index is -1.28. The Labute approximate surface area is 134 Å². The zero-order chi connectivity index (χ0) is 16.3. The molecule has 0 bridgehead atoms. The van der Waals surface area contributed by atoms with E-state index in [-0.39, 0.29) is 33.4 Å². The Morgan fingerprint density at radius 1 is 1.41 bits per heavy atom. The second-order valence-electron chi connectivity index (χ2n) is 4.27. The first kappa shape index (κ1) is 16.1. The van der Waals surface area contributed by atoms with Crippen molar-refractivity contribution in [2.45, 2.75) is 6.42 Å². The molecule has 1 heterocycles. The number of nitro groups is 1. The van der Waals surface area contributed by atoms with Crippen molar-refractivity contribution in [1.82, 2.24) is 4.90 Å². The number of rotatable bonds is 5. The van der Waals surface area contributed by atoms with E-state index in [9.17, 15) is 24.8 Å². The fraction of sp³-hybridized carbons (Fsp3) is 0.154. The van der Waals surface area contributed by atoms with Crippen LogP contribution in [0.5, 0.6) is 0 Å². The molecule has 1 aromatic carbocycles. The molecule has 0 radical (unpaired) electrons. The lowest BCUT2D eigenvalue weighted by Gasteiger charge is -2.14. The van der Waals surface area contributed by atoms with Gasteiger partial charge in [0.05, 0.1) is 15.4 Å². The van der Waals surface area contributed by atoms with Crippen LogP contribution in [-0.2, 0) is 9.59 Å². The summed E-state index contributed by atoms with van der Waals surface area (Å²) in [6.07, 6.45) is 1.06. The Kier molecular flexibility index (Phi) is 4.88. The monoisotopic (exact) mass is 337 g/mol. The number of para-hydroxylation sites is 1. The quantitative estimate of drug-likeness (QED) is 0.341. The van der Waals surface area contributed by atoms with Gasteiger partial charge in [0, 0.05) is 25.0 Å². The van der Waals surface area contributed by atoms with Gasteiger partial charge in [-0.25, -0.2) is 0 Å². The van der Waals surface area contributed by atoms with Gasteiger partial charge in [0.25, 0.3) is 11.6 Å². The van der Waals surface area contributed by atoms with E-state index in [0.29, 0.717) is 0 Å². The number of hydrogen-bond acceptors (Lipinski definition) is 7. The number of nitrogens with zero attached hydrogens (tertiary/aromatic N) is 2. The highest BCUT2D eigenvalue weighted by Crippen LogP contribution is 2.34. The fourth-order valence-electron chi connectivity index (χ4n) is 1.81. The van der Waals surface area contributed by atoms with Gasteiger partial charge in [-0.05, 0) is 12.1 Å². The van der Waals surface area contributed by atoms with Gasteiger partial charge in [0.2, 0.25) is 0 Å². The summed E-state index contributed by atoms with van der Waals surface area (Å²) < 4.78 is 0.219. The van der Waals surface area contributed by atoms with Crippen molar-refractivity contribution in [3.05, 3.63) is 44.8 Å². The molecule has 0 saturated carbocycles. The van der Waals surface area contributed by atoms with Crippen molar-refractivity contribution in [2.75, 3.05) is 6.54 Å². The van der Waals surface area contributed by atoms with E-state index in [1.807, 2.05) is 0 Å². The lowest BCUT2D eigenvalue weighted by atomic mass is 10.1. The molecule has 1 fully saturated rings. The highest BCUT2D eigenvalue weighted by molar-refractivity contribution is 8.26. The number of carboxylic acids is 1. The van der Waals surface area contributed by atoms with Crippen LogP contribution in [0.4, 0.5) is 5.69 Å². The largest absolute Gasteiger partial charge is 0.550 e. The maximum atomic E-state index is 12.2. The van der Waals surface area contributed by atoms with Gasteiger partial charge < -0.3 is 9.90 Å². The molecule has 1 aromatic rings. The molecule has 0 spiro atoms. The van der Waals surface area contributed by atoms with Crippen molar-refractivity contribution < 1.29 is 19.6 Å². The summed E-state index contributed by atoms with van der Waals surface area (Å²) in [6, 6.07) is 6.00. The predicted octanol–water partition coefficient (Wildman–Crippen LogP) is 0.936. The van der Waals surface area contributed by atoms with Crippen molar-refractivity contribution in [1.29, 1.82) is 0 Å². The van der Waals surface area contributed by atoms with E-state index in [4.69, 9.17) is 12.2 Å². The number of nitro benzene ring substituents is 1. The van der Waals surface area contributed by atoms with Crippen LogP contribution >= 0.6 is 24.0 Å². The van der Waals surface area contributed by atoms with E-state index in [2.05, 4.69) is 0 Å². The zero-order valence-electron chi connectivity index (χ0n) is 11.1. The SMILES string of the molecule is O=C([O-])CCN1C(=O)/C(=C/c2ccccc2[N+](=O)[O-])SC1=S. The summed E-state index contributed by atoms with van der Waals surface area (Å²) in [7, 11) is 0.